The summed E-state index contributed by atoms with van der Waals surface area (Å²) in [7, 11) is 5.62. The van der Waals surface area contributed by atoms with Gasteiger partial charge in [0.25, 0.3) is 12.0 Å². The fourth-order valence-electron chi connectivity index (χ4n) is 2.76. The summed E-state index contributed by atoms with van der Waals surface area (Å²) in [6.45, 7) is 0. The lowest BCUT2D eigenvalue weighted by atomic mass is 10.3. The highest BCUT2D eigenvalue weighted by Crippen LogP contribution is 2.48. The van der Waals surface area contributed by atoms with Gasteiger partial charge in [-0.15, -0.1) is 0 Å². The van der Waals surface area contributed by atoms with Gasteiger partial charge in [0.05, 0.1) is 25.3 Å². The molecule has 10 nitrogen and oxygen atoms in total. The molecule has 0 fully saturated rings. The molecular formula is C18H12N6O4S2. The second kappa shape index (κ2) is 8.44. The Bertz CT molecular complexity index is 1250. The number of methoxy groups -OCH3 is 2. The third-order valence-corrected chi connectivity index (χ3v) is 6.49. The first-order valence-electron chi connectivity index (χ1n) is 8.32. The Morgan fingerprint density at radius 2 is 1.23 bits per heavy atom. The molecule has 0 atom stereocenters. The number of hydrogen-bond acceptors (Lipinski definition) is 10. The number of H-pyrrole nitrogens is 2. The predicted molar refractivity (Wildman–Crippen MR) is 113 cm³/mol. The minimum Gasteiger partial charge on any atom is -0.468 e. The summed E-state index contributed by atoms with van der Waals surface area (Å²) in [5.41, 5.74) is 3.04. The molecule has 0 saturated heterocycles. The Balaban J connectivity index is 1.74. The monoisotopic (exact) mass is 440 g/mol. The maximum atomic E-state index is 11.0. The molecule has 0 saturated carbocycles. The fraction of sp³-hybridized carbons (Fsp3) is 0.111. The second-order valence-corrected chi connectivity index (χ2v) is 7.89. The molecule has 0 unspecified atom stereocenters. The van der Waals surface area contributed by atoms with Crippen LogP contribution in [0.5, 0.6) is 12.0 Å². The van der Waals surface area contributed by atoms with E-state index in [0.717, 1.165) is 0 Å². The predicted octanol–water partition coefficient (Wildman–Crippen LogP) is 4.19. The average Bonchev–Trinajstić information content (AvgIpc) is 3.38. The van der Waals surface area contributed by atoms with Crippen LogP contribution in [0.25, 0.3) is 22.1 Å². The first kappa shape index (κ1) is 19.7. The third-order valence-electron chi connectivity index (χ3n) is 4.06. The van der Waals surface area contributed by atoms with Crippen LogP contribution >= 0.6 is 21.6 Å². The van der Waals surface area contributed by atoms with Gasteiger partial charge in [0, 0.05) is 9.79 Å². The second-order valence-electron chi connectivity index (χ2n) is 5.68. The largest absolute Gasteiger partial charge is 0.468 e. The Hall–Kier alpha value is -3.56. The van der Waals surface area contributed by atoms with Gasteiger partial charge in [-0.05, 0) is 24.3 Å². The molecule has 0 spiro atoms. The van der Waals surface area contributed by atoms with E-state index in [2.05, 4.69) is 29.9 Å². The van der Waals surface area contributed by atoms with Gasteiger partial charge in [-0.3, -0.25) is 0 Å². The van der Waals surface area contributed by atoms with Crippen molar-refractivity contribution in [3.05, 3.63) is 24.3 Å². The Labute approximate surface area is 176 Å². The van der Waals surface area contributed by atoms with Crippen molar-refractivity contribution in [3.63, 3.8) is 0 Å². The van der Waals surface area contributed by atoms with E-state index in [1.807, 2.05) is 12.1 Å². The number of imidazole rings is 2. The number of aromatic amines is 2. The molecule has 30 heavy (non-hydrogen) atoms. The molecule has 0 aliphatic rings. The number of nitrogens with one attached hydrogen (secondary N) is 2. The molecule has 150 valence electrons. The summed E-state index contributed by atoms with van der Waals surface area (Å²) in [4.78, 5) is 45.5. The smallest absolute Gasteiger partial charge is 0.294 e. The van der Waals surface area contributed by atoms with Gasteiger partial charge in [-0.2, -0.15) is 20.0 Å². The van der Waals surface area contributed by atoms with E-state index >= 15 is 0 Å². The summed E-state index contributed by atoms with van der Waals surface area (Å²) >= 11 is 0. The van der Waals surface area contributed by atoms with E-state index in [0.29, 0.717) is 55.3 Å². The van der Waals surface area contributed by atoms with Gasteiger partial charge in [-0.25, -0.2) is 9.59 Å². The zero-order valence-electron chi connectivity index (χ0n) is 15.5. The van der Waals surface area contributed by atoms with Crippen molar-refractivity contribution in [3.8, 4) is 12.0 Å². The quantitative estimate of drug-likeness (QED) is 0.248. The highest BCUT2D eigenvalue weighted by atomic mass is 33.1. The van der Waals surface area contributed by atoms with Crippen molar-refractivity contribution < 1.29 is 19.1 Å². The molecule has 2 N–H and O–H groups in total. The molecule has 4 aromatic rings. The Morgan fingerprint density at radius 3 is 1.60 bits per heavy atom. The lowest BCUT2D eigenvalue weighted by molar-refractivity contribution is 0.385. The lowest BCUT2D eigenvalue weighted by Gasteiger charge is -2.06. The normalized spacial score (nSPS) is 10.6. The molecule has 0 bridgehead atoms. The van der Waals surface area contributed by atoms with Gasteiger partial charge in [-0.1, -0.05) is 21.6 Å². The van der Waals surface area contributed by atoms with Crippen LogP contribution in [0.2, 0.25) is 0 Å². The van der Waals surface area contributed by atoms with Crippen LogP contribution in [-0.4, -0.2) is 46.3 Å². The van der Waals surface area contributed by atoms with Crippen molar-refractivity contribution in [2.24, 2.45) is 9.98 Å². The maximum Gasteiger partial charge on any atom is 0.294 e. The molecule has 2 aromatic carbocycles. The van der Waals surface area contributed by atoms with Crippen molar-refractivity contribution in [1.29, 1.82) is 0 Å². The number of rotatable bonds is 7. The van der Waals surface area contributed by atoms with Crippen molar-refractivity contribution in [2.45, 2.75) is 9.79 Å². The average molecular weight is 440 g/mol. The molecule has 0 aliphatic carbocycles. The van der Waals surface area contributed by atoms with E-state index in [9.17, 15) is 9.59 Å². The van der Waals surface area contributed by atoms with E-state index < -0.39 is 0 Å². The lowest BCUT2D eigenvalue weighted by Crippen LogP contribution is -1.82. The SMILES string of the molecule is COc1nc2c(N=C=O)c(SSc3ccc4[nH]c(OC)nc4c3N=C=O)ccc2[nH]1. The highest BCUT2D eigenvalue weighted by Gasteiger charge is 2.17. The molecule has 2 heterocycles. The van der Waals surface area contributed by atoms with Crippen molar-refractivity contribution >= 4 is 67.2 Å². The summed E-state index contributed by atoms with van der Waals surface area (Å²) in [5.74, 6) is 0. The van der Waals surface area contributed by atoms with Gasteiger partial charge in [0.2, 0.25) is 12.2 Å². The van der Waals surface area contributed by atoms with Crippen LogP contribution in [0.3, 0.4) is 0 Å². The Kier molecular flexibility index (Phi) is 5.55. The molecular weight excluding hydrogens is 428 g/mol. The number of nitrogens with zero attached hydrogens (tertiary/aromatic N) is 4. The summed E-state index contributed by atoms with van der Waals surface area (Å²) in [5, 5.41) is 0. The first-order valence-corrected chi connectivity index (χ1v) is 10.5. The topological polar surface area (TPSA) is 135 Å². The van der Waals surface area contributed by atoms with Crippen LogP contribution in [0, 0.1) is 0 Å². The Morgan fingerprint density at radius 1 is 0.800 bits per heavy atom. The van der Waals surface area contributed by atoms with Gasteiger partial charge < -0.3 is 19.4 Å². The van der Waals surface area contributed by atoms with E-state index in [-0.39, 0.29) is 0 Å². The number of aromatic nitrogens is 4. The van der Waals surface area contributed by atoms with Gasteiger partial charge >= 0.3 is 0 Å². The van der Waals surface area contributed by atoms with Gasteiger partial charge in [0.15, 0.2) is 0 Å². The molecule has 2 aromatic heterocycles. The van der Waals surface area contributed by atoms with Crippen LogP contribution in [0.15, 0.2) is 44.0 Å². The van der Waals surface area contributed by atoms with E-state index in [4.69, 9.17) is 9.47 Å². The van der Waals surface area contributed by atoms with Crippen molar-refractivity contribution in [1.82, 2.24) is 19.9 Å². The minimum absolute atomic E-state index is 0.308. The number of fused-ring (bicyclic) bond motifs is 2. The van der Waals surface area contributed by atoms with Crippen molar-refractivity contribution in [2.75, 3.05) is 14.2 Å². The molecule has 0 radical (unpaired) electrons. The summed E-state index contributed by atoms with van der Waals surface area (Å²) < 4.78 is 10.2. The molecule has 12 heteroatoms. The standard InChI is InChI=1S/C18H12N6O4S2/c1-27-17-21-9-3-5-11(15(19-7-25)13(9)23-17)29-30-12-6-4-10-14(16(12)20-8-26)24-18(22-10)28-2/h3-6H,1-2H3,(H,21,23)(H,22,24). The first-order chi connectivity index (χ1) is 14.7. The number of hydrogen-bond donors (Lipinski definition) is 2. The number of carbonyl (C=O) groups excluding carboxylic acids is 2. The number of benzene rings is 2. The molecule has 0 amide bonds. The summed E-state index contributed by atoms with van der Waals surface area (Å²) in [6, 6.07) is 7.83. The molecule has 4 rings (SSSR count). The van der Waals surface area contributed by atoms with E-state index in [1.165, 1.54) is 35.8 Å². The highest BCUT2D eigenvalue weighted by molar-refractivity contribution is 8.76. The fourth-order valence-corrected chi connectivity index (χ4v) is 4.98. The molecule has 0 aliphatic heterocycles. The van der Waals surface area contributed by atoms with Crippen LogP contribution in [0.4, 0.5) is 11.4 Å². The van der Waals surface area contributed by atoms with E-state index in [1.54, 1.807) is 24.3 Å². The van der Waals surface area contributed by atoms with Crippen LogP contribution in [-0.2, 0) is 9.59 Å². The zero-order valence-corrected chi connectivity index (χ0v) is 17.2. The van der Waals surface area contributed by atoms with Crippen LogP contribution in [0.1, 0.15) is 0 Å². The van der Waals surface area contributed by atoms with Crippen LogP contribution < -0.4 is 9.47 Å². The maximum absolute atomic E-state index is 11.0. The third kappa shape index (κ3) is 3.56. The van der Waals surface area contributed by atoms with Gasteiger partial charge in [0.1, 0.15) is 22.4 Å². The number of isocyanates is 2. The number of ether oxygens (including phenoxy) is 2. The summed E-state index contributed by atoms with van der Waals surface area (Å²) in [6.07, 6.45) is 3.13. The number of aliphatic imine (C=N–C) groups is 2. The zero-order chi connectivity index (χ0) is 21.1. The minimum atomic E-state index is 0.308.